The highest BCUT2D eigenvalue weighted by molar-refractivity contribution is 9.10. The monoisotopic (exact) mass is 451 g/mol. The summed E-state index contributed by atoms with van der Waals surface area (Å²) in [6.45, 7) is 2.05. The van der Waals surface area contributed by atoms with Gasteiger partial charge in [-0.1, -0.05) is 34.1 Å². The number of fused-ring (bicyclic) bond motifs is 1. The number of nitrogens with one attached hydrogen (secondary N) is 1. The van der Waals surface area contributed by atoms with Gasteiger partial charge in [-0.15, -0.1) is 23.1 Å². The van der Waals surface area contributed by atoms with Crippen LogP contribution < -0.4 is 5.32 Å². The Morgan fingerprint density at radius 1 is 1.46 bits per heavy atom. The number of hydrogen-bond donors (Lipinski definition) is 1. The highest BCUT2D eigenvalue weighted by Gasteiger charge is 2.52. The minimum Gasteiger partial charge on any atom is -0.315 e. The van der Waals surface area contributed by atoms with Crippen LogP contribution in [0.1, 0.15) is 30.2 Å². The summed E-state index contributed by atoms with van der Waals surface area (Å²) in [6.07, 6.45) is 3.90. The molecule has 8 heteroatoms. The number of benzene rings is 1. The molecule has 1 aromatic heterocycles. The molecule has 2 unspecified atom stereocenters. The molecule has 4 rings (SSSR count). The Kier molecular flexibility index (Phi) is 4.83. The number of aromatic nitrogens is 1. The Balaban J connectivity index is 1.44. The fraction of sp³-hybridized carbons (Fsp3) is 0.389. The van der Waals surface area contributed by atoms with Crippen LogP contribution in [-0.2, 0) is 16.0 Å². The maximum absolute atomic E-state index is 12.7. The van der Waals surface area contributed by atoms with Gasteiger partial charge in [0.25, 0.3) is 0 Å². The Bertz CT molecular complexity index is 872. The van der Waals surface area contributed by atoms with Crippen molar-refractivity contribution in [2.24, 2.45) is 0 Å². The minimum atomic E-state index is -0.407. The molecule has 3 heterocycles. The molecule has 2 fully saturated rings. The van der Waals surface area contributed by atoms with Crippen LogP contribution in [0.2, 0.25) is 0 Å². The summed E-state index contributed by atoms with van der Waals surface area (Å²) < 4.78 is 1.06. The van der Waals surface area contributed by atoms with Gasteiger partial charge in [0.05, 0.1) is 4.87 Å². The van der Waals surface area contributed by atoms with Crippen molar-refractivity contribution in [3.05, 3.63) is 45.4 Å². The molecule has 136 valence electrons. The topological polar surface area (TPSA) is 62.3 Å². The fourth-order valence-corrected chi connectivity index (χ4v) is 6.18. The predicted molar refractivity (Wildman–Crippen MR) is 108 cm³/mol. The van der Waals surface area contributed by atoms with Crippen molar-refractivity contribution < 1.29 is 9.59 Å². The second kappa shape index (κ2) is 6.98. The Morgan fingerprint density at radius 2 is 2.27 bits per heavy atom. The normalized spacial score (nSPS) is 24.8. The first-order valence-electron chi connectivity index (χ1n) is 8.41. The second-order valence-corrected chi connectivity index (χ2v) is 10.1. The van der Waals surface area contributed by atoms with E-state index in [4.69, 9.17) is 0 Å². The molecule has 26 heavy (non-hydrogen) atoms. The third kappa shape index (κ3) is 3.30. The summed E-state index contributed by atoms with van der Waals surface area (Å²) in [6, 6.07) is 7.67. The summed E-state index contributed by atoms with van der Waals surface area (Å²) >= 11 is 6.73. The maximum atomic E-state index is 12.7. The zero-order valence-corrected chi connectivity index (χ0v) is 17.4. The molecule has 0 aliphatic carbocycles. The quantitative estimate of drug-likeness (QED) is 0.765. The van der Waals surface area contributed by atoms with E-state index >= 15 is 0 Å². The maximum Gasteiger partial charge on any atom is 0.249 e. The van der Waals surface area contributed by atoms with E-state index in [0.29, 0.717) is 17.3 Å². The molecule has 2 atom stereocenters. The molecule has 2 aliphatic rings. The van der Waals surface area contributed by atoms with Crippen LogP contribution in [0.4, 0.5) is 5.13 Å². The predicted octanol–water partition coefficient (Wildman–Crippen LogP) is 3.89. The van der Waals surface area contributed by atoms with Gasteiger partial charge in [0.2, 0.25) is 11.8 Å². The molecular formula is C18H18BrN3O2S2. The van der Waals surface area contributed by atoms with Gasteiger partial charge in [-0.2, -0.15) is 0 Å². The van der Waals surface area contributed by atoms with Crippen molar-refractivity contribution in [1.82, 2.24) is 9.88 Å². The van der Waals surface area contributed by atoms with Crippen molar-refractivity contribution in [2.75, 3.05) is 11.1 Å². The third-order valence-corrected chi connectivity index (χ3v) is 8.05. The number of carbonyl (C=O) groups excluding carboxylic acids is 2. The average Bonchev–Trinajstić information content (AvgIpc) is 3.26. The Morgan fingerprint density at radius 3 is 3.08 bits per heavy atom. The van der Waals surface area contributed by atoms with E-state index in [1.807, 2.05) is 18.2 Å². The summed E-state index contributed by atoms with van der Waals surface area (Å²) in [7, 11) is 0. The van der Waals surface area contributed by atoms with E-state index in [-0.39, 0.29) is 16.7 Å². The standard InChI is InChI=1S/C18H18BrN3O2S2/c1-18-7-6-15(23)22(18)14(10-25-18)16(24)21-17-20-9-12(26-17)8-11-4-2-3-5-13(11)19/h2-5,9,14H,6-8,10H2,1H3,(H,20,21,24). The number of thioether (sulfide) groups is 1. The highest BCUT2D eigenvalue weighted by Crippen LogP contribution is 2.47. The fourth-order valence-electron chi connectivity index (χ4n) is 3.48. The van der Waals surface area contributed by atoms with Crippen molar-refractivity contribution >= 4 is 56.0 Å². The van der Waals surface area contributed by atoms with Gasteiger partial charge in [-0.05, 0) is 25.0 Å². The number of thiazole rings is 1. The number of amides is 2. The zero-order valence-electron chi connectivity index (χ0n) is 14.2. The smallest absolute Gasteiger partial charge is 0.249 e. The van der Waals surface area contributed by atoms with E-state index in [1.165, 1.54) is 16.9 Å². The van der Waals surface area contributed by atoms with Crippen LogP contribution in [0.25, 0.3) is 0 Å². The van der Waals surface area contributed by atoms with Gasteiger partial charge in [-0.25, -0.2) is 4.98 Å². The molecule has 1 aromatic carbocycles. The van der Waals surface area contributed by atoms with Crippen LogP contribution in [0, 0.1) is 0 Å². The van der Waals surface area contributed by atoms with Gasteiger partial charge in [-0.3, -0.25) is 9.59 Å². The van der Waals surface area contributed by atoms with E-state index in [0.717, 1.165) is 22.2 Å². The summed E-state index contributed by atoms with van der Waals surface area (Å²) in [4.78, 5) is 31.8. The van der Waals surface area contributed by atoms with Crippen molar-refractivity contribution in [3.8, 4) is 0 Å². The summed E-state index contributed by atoms with van der Waals surface area (Å²) in [5.74, 6) is 0.577. The number of rotatable bonds is 4. The SMILES string of the molecule is CC12CCC(=O)N1C(C(=O)Nc1ncc(Cc3ccccc3Br)s1)CS2. The van der Waals surface area contributed by atoms with Crippen molar-refractivity contribution in [2.45, 2.75) is 37.1 Å². The van der Waals surface area contributed by atoms with Crippen molar-refractivity contribution in [1.29, 1.82) is 0 Å². The largest absolute Gasteiger partial charge is 0.315 e. The molecule has 1 N–H and O–H groups in total. The molecule has 0 radical (unpaired) electrons. The Hall–Kier alpha value is -1.38. The molecule has 0 saturated carbocycles. The molecule has 0 bridgehead atoms. The van der Waals surface area contributed by atoms with Gasteiger partial charge in [0.1, 0.15) is 6.04 Å². The Labute approximate surface area is 168 Å². The third-order valence-electron chi connectivity index (χ3n) is 4.85. The van der Waals surface area contributed by atoms with Crippen LogP contribution in [-0.4, -0.2) is 38.4 Å². The van der Waals surface area contributed by atoms with E-state index in [2.05, 4.69) is 39.2 Å². The summed E-state index contributed by atoms with van der Waals surface area (Å²) in [5, 5.41) is 3.49. The molecule has 2 aromatic rings. The van der Waals surface area contributed by atoms with Gasteiger partial charge >= 0.3 is 0 Å². The molecule has 5 nitrogen and oxygen atoms in total. The van der Waals surface area contributed by atoms with Crippen molar-refractivity contribution in [3.63, 3.8) is 0 Å². The lowest BCUT2D eigenvalue weighted by molar-refractivity contribution is -0.135. The number of anilines is 1. The lowest BCUT2D eigenvalue weighted by Crippen LogP contribution is -2.48. The minimum absolute atomic E-state index is 0.0754. The number of nitrogens with zero attached hydrogens (tertiary/aromatic N) is 2. The lowest BCUT2D eigenvalue weighted by Gasteiger charge is -2.29. The number of hydrogen-bond acceptors (Lipinski definition) is 5. The van der Waals surface area contributed by atoms with E-state index in [1.54, 1.807) is 22.9 Å². The van der Waals surface area contributed by atoms with E-state index < -0.39 is 6.04 Å². The molecular weight excluding hydrogens is 434 g/mol. The van der Waals surface area contributed by atoms with Gasteiger partial charge in [0, 0.05) is 34.1 Å². The molecule has 0 spiro atoms. The van der Waals surface area contributed by atoms with Crippen LogP contribution in [0.15, 0.2) is 34.9 Å². The van der Waals surface area contributed by atoms with Crippen LogP contribution in [0.5, 0.6) is 0 Å². The summed E-state index contributed by atoms with van der Waals surface area (Å²) in [5.41, 5.74) is 1.18. The van der Waals surface area contributed by atoms with E-state index in [9.17, 15) is 9.59 Å². The molecule has 2 saturated heterocycles. The first-order chi connectivity index (χ1) is 12.5. The van der Waals surface area contributed by atoms with Crippen LogP contribution >= 0.6 is 39.0 Å². The zero-order chi connectivity index (χ0) is 18.3. The first-order valence-corrected chi connectivity index (χ1v) is 11.0. The van der Waals surface area contributed by atoms with Gasteiger partial charge < -0.3 is 10.2 Å². The number of carbonyl (C=O) groups is 2. The van der Waals surface area contributed by atoms with Crippen LogP contribution in [0.3, 0.4) is 0 Å². The average molecular weight is 452 g/mol. The first kappa shape index (κ1) is 18.0. The van der Waals surface area contributed by atoms with Gasteiger partial charge in [0.15, 0.2) is 5.13 Å². The number of halogens is 1. The highest BCUT2D eigenvalue weighted by atomic mass is 79.9. The second-order valence-electron chi connectivity index (χ2n) is 6.65. The molecule has 2 amide bonds. The lowest BCUT2D eigenvalue weighted by atomic mass is 10.1. The molecule has 2 aliphatic heterocycles.